The number of thioether (sulfide) groups is 1. The van der Waals surface area contributed by atoms with Crippen LogP contribution < -0.4 is 11.2 Å². The Hall–Kier alpha value is -1.98. The van der Waals surface area contributed by atoms with Gasteiger partial charge in [0.15, 0.2) is 0 Å². The lowest BCUT2D eigenvalue weighted by Crippen LogP contribution is -2.41. The number of aryl methyl sites for hydroxylation is 2. The van der Waals surface area contributed by atoms with Crippen molar-refractivity contribution in [1.82, 2.24) is 24.1 Å². The molecule has 160 valence electrons. The van der Waals surface area contributed by atoms with E-state index in [0.29, 0.717) is 30.6 Å². The number of hydrogen-bond acceptors (Lipinski definition) is 7. The van der Waals surface area contributed by atoms with Gasteiger partial charge in [0.25, 0.3) is 5.56 Å². The smallest absolute Gasteiger partial charge is 0.332 e. The first-order chi connectivity index (χ1) is 13.9. The average Bonchev–Trinajstić information content (AvgIpc) is 3.31. The van der Waals surface area contributed by atoms with Crippen LogP contribution in [0.4, 0.5) is 4.39 Å². The minimum Gasteiger partial charge on any atom is -0.395 e. The molecule has 1 aliphatic rings. The van der Waals surface area contributed by atoms with Crippen molar-refractivity contribution in [3.8, 4) is 0 Å². The van der Waals surface area contributed by atoms with Crippen molar-refractivity contribution < 1.29 is 14.6 Å². The van der Waals surface area contributed by atoms with Crippen LogP contribution in [0.5, 0.6) is 0 Å². The molecule has 3 rings (SSSR count). The summed E-state index contributed by atoms with van der Waals surface area (Å²) in [5, 5.41) is 26.7. The third kappa shape index (κ3) is 4.96. The molecule has 11 heteroatoms. The first kappa shape index (κ1) is 21.7. The Kier molecular flexibility index (Phi) is 7.25. The second kappa shape index (κ2) is 9.68. The second-order valence-electron chi connectivity index (χ2n) is 7.23. The number of hydrogen-bond donors (Lipinski definition) is 2. The number of nitrogens with zero attached hydrogens (tertiary/aromatic N) is 5. The molecule has 0 amide bonds. The highest BCUT2D eigenvalue weighted by molar-refractivity contribution is 8.00. The van der Waals surface area contributed by atoms with E-state index in [-0.39, 0.29) is 30.5 Å². The van der Waals surface area contributed by atoms with Gasteiger partial charge >= 0.3 is 5.69 Å². The molecule has 1 aliphatic heterocycles. The quantitative estimate of drug-likeness (QED) is 0.560. The van der Waals surface area contributed by atoms with Crippen molar-refractivity contribution >= 4 is 11.8 Å². The molecule has 0 saturated carbocycles. The Morgan fingerprint density at radius 2 is 2.07 bits per heavy atom. The summed E-state index contributed by atoms with van der Waals surface area (Å²) in [6, 6.07) is 0. The van der Waals surface area contributed by atoms with Crippen molar-refractivity contribution in [2.45, 2.75) is 62.4 Å². The number of aliphatic hydroxyl groups is 2. The fourth-order valence-electron chi connectivity index (χ4n) is 3.38. The van der Waals surface area contributed by atoms with Crippen LogP contribution in [0.3, 0.4) is 0 Å². The monoisotopic (exact) mass is 426 g/mol. The maximum Gasteiger partial charge on any atom is 0.332 e. The van der Waals surface area contributed by atoms with Gasteiger partial charge in [0.1, 0.15) is 5.69 Å². The first-order valence-corrected chi connectivity index (χ1v) is 10.6. The summed E-state index contributed by atoms with van der Waals surface area (Å²) in [6.45, 7) is 1.72. The molecule has 3 atom stereocenters. The van der Waals surface area contributed by atoms with Crippen LogP contribution in [0.1, 0.15) is 42.3 Å². The van der Waals surface area contributed by atoms with E-state index in [2.05, 4.69) is 10.3 Å². The van der Waals surface area contributed by atoms with Crippen LogP contribution in [0, 0.1) is 6.92 Å². The lowest BCUT2D eigenvalue weighted by molar-refractivity contribution is 0.137. The standard InChI is InChI=1S/C18H26FN5O4S/c1-12-8-23(16-7-14(26)15(11-25)29-16)18(28)24(17(12)27)10-13-9-22(21-20-13)6-4-2-3-5-19/h8-9,14-16,25-26H,2-7,10-11H2,1H3/t14?,15-,16?/m1/s1/i19-1. The highest BCUT2D eigenvalue weighted by atomic mass is 32.2. The average molecular weight is 427 g/mol. The van der Waals surface area contributed by atoms with Crippen molar-refractivity contribution in [3.05, 3.63) is 44.5 Å². The molecule has 29 heavy (non-hydrogen) atoms. The van der Waals surface area contributed by atoms with Gasteiger partial charge in [-0.15, -0.1) is 16.9 Å². The van der Waals surface area contributed by atoms with Crippen LogP contribution in [-0.2, 0) is 13.1 Å². The summed E-state index contributed by atoms with van der Waals surface area (Å²) in [5.74, 6) is 0. The number of aliphatic hydroxyl groups excluding tert-OH is 2. The molecular formula is C18H26FN5O4S. The third-order valence-corrected chi connectivity index (χ3v) is 6.53. The normalized spacial score (nSPS) is 21.7. The molecule has 2 unspecified atom stereocenters. The van der Waals surface area contributed by atoms with Gasteiger partial charge in [0.05, 0.1) is 42.8 Å². The topological polar surface area (TPSA) is 115 Å². The van der Waals surface area contributed by atoms with E-state index in [0.717, 1.165) is 17.4 Å². The van der Waals surface area contributed by atoms with Gasteiger partial charge in [-0.05, 0) is 26.2 Å². The maximum absolute atomic E-state index is 13.0. The zero-order chi connectivity index (χ0) is 21.0. The van der Waals surface area contributed by atoms with Gasteiger partial charge < -0.3 is 10.2 Å². The Labute approximate surface area is 171 Å². The van der Waals surface area contributed by atoms with E-state index >= 15 is 0 Å². The molecular weight excluding hydrogens is 400 g/mol. The molecule has 2 aromatic rings. The minimum absolute atomic E-state index is 0.00675. The van der Waals surface area contributed by atoms with Crippen LogP contribution in [-0.4, -0.2) is 59.0 Å². The van der Waals surface area contributed by atoms with Gasteiger partial charge in [0.2, 0.25) is 0 Å². The Balaban J connectivity index is 1.80. The van der Waals surface area contributed by atoms with E-state index in [1.54, 1.807) is 17.8 Å². The first-order valence-electron chi connectivity index (χ1n) is 9.66. The highest BCUT2D eigenvalue weighted by Gasteiger charge is 2.35. The Morgan fingerprint density at radius 1 is 1.28 bits per heavy atom. The van der Waals surface area contributed by atoms with Crippen molar-refractivity contribution in [1.29, 1.82) is 0 Å². The van der Waals surface area contributed by atoms with Gasteiger partial charge in [0, 0.05) is 24.7 Å². The van der Waals surface area contributed by atoms with E-state index in [4.69, 9.17) is 0 Å². The zero-order valence-electron chi connectivity index (χ0n) is 16.3. The summed E-state index contributed by atoms with van der Waals surface area (Å²) in [5.41, 5.74) is 0.0114. The van der Waals surface area contributed by atoms with E-state index < -0.39 is 17.4 Å². The number of alkyl halides is 1. The number of aromatic nitrogens is 5. The summed E-state index contributed by atoms with van der Waals surface area (Å²) in [6.07, 6.45) is 4.86. The summed E-state index contributed by atoms with van der Waals surface area (Å²) in [7, 11) is 0. The van der Waals surface area contributed by atoms with Crippen LogP contribution in [0.2, 0.25) is 0 Å². The largest absolute Gasteiger partial charge is 0.395 e. The highest BCUT2D eigenvalue weighted by Crippen LogP contribution is 2.40. The molecule has 0 spiro atoms. The predicted octanol–water partition coefficient (Wildman–Crippen LogP) is 0.455. The van der Waals surface area contributed by atoms with Crippen LogP contribution in [0.15, 0.2) is 22.0 Å². The molecule has 1 saturated heterocycles. The molecule has 3 heterocycles. The van der Waals surface area contributed by atoms with E-state index in [1.807, 2.05) is 0 Å². The van der Waals surface area contributed by atoms with Gasteiger partial charge in [-0.2, -0.15) is 0 Å². The summed E-state index contributed by atoms with van der Waals surface area (Å²) < 4.78 is 16.3. The van der Waals surface area contributed by atoms with Gasteiger partial charge in [-0.1, -0.05) is 5.21 Å². The molecule has 0 aliphatic carbocycles. The van der Waals surface area contributed by atoms with Crippen LogP contribution in [0.25, 0.3) is 0 Å². The summed E-state index contributed by atoms with van der Waals surface area (Å²) >= 11 is 1.32. The zero-order valence-corrected chi connectivity index (χ0v) is 17.1. The van der Waals surface area contributed by atoms with Crippen molar-refractivity contribution in [2.24, 2.45) is 0 Å². The van der Waals surface area contributed by atoms with E-state index in [9.17, 15) is 24.2 Å². The number of rotatable bonds is 9. The molecule has 2 aromatic heterocycles. The fourth-order valence-corrected chi connectivity index (χ4v) is 4.75. The SMILES string of the molecule is Cc1cn(C2CC(O)[C@@H](CO)S2)c(=O)n(Cc2cn(CCCCC[18F])nn2)c1=O. The Morgan fingerprint density at radius 3 is 2.76 bits per heavy atom. The minimum atomic E-state index is -0.708. The predicted molar refractivity (Wildman–Crippen MR) is 107 cm³/mol. The molecule has 0 bridgehead atoms. The van der Waals surface area contributed by atoms with Crippen molar-refractivity contribution in [3.63, 3.8) is 0 Å². The van der Waals surface area contributed by atoms with Crippen molar-refractivity contribution in [2.75, 3.05) is 13.3 Å². The fraction of sp³-hybridized carbons (Fsp3) is 0.667. The van der Waals surface area contributed by atoms with Crippen LogP contribution >= 0.6 is 11.8 Å². The number of unbranched alkanes of at least 4 members (excludes halogenated alkanes) is 2. The second-order valence-corrected chi connectivity index (χ2v) is 8.65. The molecule has 9 nitrogen and oxygen atoms in total. The molecule has 0 aromatic carbocycles. The van der Waals surface area contributed by atoms with Gasteiger partial charge in [-0.25, -0.2) is 4.79 Å². The molecule has 1 fully saturated rings. The maximum atomic E-state index is 13.0. The Bertz CT molecular complexity index is 943. The lowest BCUT2D eigenvalue weighted by atomic mass is 10.2. The number of halogens is 1. The third-order valence-electron chi connectivity index (χ3n) is 4.99. The molecule has 2 N–H and O–H groups in total. The van der Waals surface area contributed by atoms with E-state index in [1.165, 1.54) is 22.5 Å². The summed E-state index contributed by atoms with van der Waals surface area (Å²) in [4.78, 5) is 25.5. The van der Waals surface area contributed by atoms with Gasteiger partial charge in [-0.3, -0.25) is 23.0 Å². The molecule has 0 radical (unpaired) electrons. The lowest BCUT2D eigenvalue weighted by Gasteiger charge is -2.16.